The van der Waals surface area contributed by atoms with Crippen molar-refractivity contribution in [3.8, 4) is 11.5 Å². The fourth-order valence-corrected chi connectivity index (χ4v) is 3.89. The highest BCUT2D eigenvalue weighted by Gasteiger charge is 2.20. The third-order valence-electron chi connectivity index (χ3n) is 5.69. The average molecular weight is 379 g/mol. The van der Waals surface area contributed by atoms with Crippen molar-refractivity contribution in [1.82, 2.24) is 10.2 Å². The first-order valence-electron chi connectivity index (χ1n) is 10.3. The predicted molar refractivity (Wildman–Crippen MR) is 109 cm³/mol. The number of nitrogens with zero attached hydrogens (tertiary/aromatic N) is 2. The lowest BCUT2D eigenvalue weighted by Crippen LogP contribution is -3.08. The molecule has 3 aromatic rings. The summed E-state index contributed by atoms with van der Waals surface area (Å²) in [6.45, 7) is 8.86. The summed E-state index contributed by atoms with van der Waals surface area (Å²) in [5.74, 6) is 1.27. The standard InChI is InChI=1S/C23H28N4O/c1-17-9-11-19(12-10-17)23-26-25-22(28-23)18(2)24-15-20-7-3-4-8-21(20)16-27-13-5-6-14-27/h3-4,7-12,18,24H,5-6,13-16H2,1-2H3/p+2/t18-/m1/s1. The summed E-state index contributed by atoms with van der Waals surface area (Å²) in [5, 5.41) is 10.8. The van der Waals surface area contributed by atoms with Gasteiger partial charge in [0.25, 0.3) is 5.89 Å². The molecule has 0 amide bonds. The van der Waals surface area contributed by atoms with Gasteiger partial charge in [0, 0.05) is 29.5 Å². The van der Waals surface area contributed by atoms with E-state index in [1.807, 2.05) is 12.1 Å². The molecule has 5 heteroatoms. The van der Waals surface area contributed by atoms with Gasteiger partial charge < -0.3 is 14.6 Å². The minimum absolute atomic E-state index is 0.124. The first-order chi connectivity index (χ1) is 13.7. The fourth-order valence-electron chi connectivity index (χ4n) is 3.89. The second kappa shape index (κ2) is 8.67. The highest BCUT2D eigenvalue weighted by Crippen LogP contribution is 2.20. The van der Waals surface area contributed by atoms with Crippen LogP contribution in [0.4, 0.5) is 0 Å². The smallest absolute Gasteiger partial charge is 0.274 e. The van der Waals surface area contributed by atoms with Crippen LogP contribution < -0.4 is 10.2 Å². The number of rotatable bonds is 7. The van der Waals surface area contributed by atoms with E-state index in [2.05, 4.69) is 65.8 Å². The van der Waals surface area contributed by atoms with Crippen LogP contribution in [0, 0.1) is 6.92 Å². The molecule has 1 aliphatic heterocycles. The van der Waals surface area contributed by atoms with Crippen LogP contribution in [0.25, 0.3) is 11.5 Å². The Labute approximate surface area is 166 Å². The Balaban J connectivity index is 1.39. The van der Waals surface area contributed by atoms with Crippen molar-refractivity contribution >= 4 is 0 Å². The summed E-state index contributed by atoms with van der Waals surface area (Å²) in [5.41, 5.74) is 5.07. The maximum Gasteiger partial charge on any atom is 0.274 e. The van der Waals surface area contributed by atoms with E-state index in [1.165, 1.54) is 42.6 Å². The van der Waals surface area contributed by atoms with Crippen LogP contribution in [-0.2, 0) is 13.1 Å². The molecule has 5 nitrogen and oxygen atoms in total. The molecular formula is C23H30N4O+2. The van der Waals surface area contributed by atoms with Crippen molar-refractivity contribution < 1.29 is 14.6 Å². The van der Waals surface area contributed by atoms with E-state index in [1.54, 1.807) is 4.90 Å². The second-order valence-corrected chi connectivity index (χ2v) is 7.94. The number of hydrogen-bond donors (Lipinski definition) is 2. The molecule has 28 heavy (non-hydrogen) atoms. The Bertz CT molecular complexity index is 897. The summed E-state index contributed by atoms with van der Waals surface area (Å²) < 4.78 is 5.94. The lowest BCUT2D eigenvalue weighted by Gasteiger charge is -2.15. The summed E-state index contributed by atoms with van der Waals surface area (Å²) >= 11 is 0. The molecule has 1 aliphatic rings. The highest BCUT2D eigenvalue weighted by molar-refractivity contribution is 5.52. The van der Waals surface area contributed by atoms with Gasteiger partial charge in [-0.3, -0.25) is 0 Å². The van der Waals surface area contributed by atoms with Crippen LogP contribution in [0.5, 0.6) is 0 Å². The van der Waals surface area contributed by atoms with E-state index in [4.69, 9.17) is 4.42 Å². The Morgan fingerprint density at radius 3 is 2.46 bits per heavy atom. The summed E-state index contributed by atoms with van der Waals surface area (Å²) in [4.78, 5) is 1.71. The quantitative estimate of drug-likeness (QED) is 0.662. The molecule has 0 aliphatic carbocycles. The van der Waals surface area contributed by atoms with E-state index in [0.717, 1.165) is 18.7 Å². The maximum atomic E-state index is 5.94. The number of nitrogens with one attached hydrogen (secondary N) is 1. The lowest BCUT2D eigenvalue weighted by atomic mass is 10.1. The molecule has 1 aromatic heterocycles. The normalized spacial score (nSPS) is 15.8. The van der Waals surface area contributed by atoms with E-state index in [-0.39, 0.29) is 6.04 Å². The third-order valence-corrected chi connectivity index (χ3v) is 5.69. The number of hydrogen-bond acceptors (Lipinski definition) is 3. The molecule has 146 valence electrons. The average Bonchev–Trinajstić information content (AvgIpc) is 3.40. The van der Waals surface area contributed by atoms with Crippen LogP contribution in [0.1, 0.15) is 48.4 Å². The molecule has 1 saturated heterocycles. The number of quaternary nitrogens is 2. The van der Waals surface area contributed by atoms with Crippen LogP contribution in [0.3, 0.4) is 0 Å². The van der Waals surface area contributed by atoms with Gasteiger partial charge in [-0.2, -0.15) is 0 Å². The van der Waals surface area contributed by atoms with Crippen LogP contribution in [0.2, 0.25) is 0 Å². The van der Waals surface area contributed by atoms with Gasteiger partial charge in [-0.05, 0) is 26.0 Å². The van der Waals surface area contributed by atoms with Gasteiger partial charge >= 0.3 is 0 Å². The van der Waals surface area contributed by atoms with Crippen LogP contribution in [-0.4, -0.2) is 23.3 Å². The number of aromatic nitrogens is 2. The molecule has 2 aromatic carbocycles. The largest absolute Gasteiger partial charge is 0.415 e. The molecule has 0 saturated carbocycles. The van der Waals surface area contributed by atoms with Crippen LogP contribution >= 0.6 is 0 Å². The summed E-state index contributed by atoms with van der Waals surface area (Å²) in [6.07, 6.45) is 2.72. The molecule has 0 spiro atoms. The molecule has 4 rings (SSSR count). The number of nitrogens with two attached hydrogens (primary N) is 1. The molecule has 3 N–H and O–H groups in total. The molecule has 0 radical (unpaired) electrons. The van der Waals surface area contributed by atoms with Crippen molar-refractivity contribution in [3.63, 3.8) is 0 Å². The van der Waals surface area contributed by atoms with E-state index >= 15 is 0 Å². The van der Waals surface area contributed by atoms with Gasteiger partial charge in [0.05, 0.1) is 13.1 Å². The van der Waals surface area contributed by atoms with Gasteiger partial charge in [0.2, 0.25) is 5.89 Å². The fraction of sp³-hybridized carbons (Fsp3) is 0.391. The number of benzene rings is 2. The van der Waals surface area contributed by atoms with Gasteiger partial charge in [0.15, 0.2) is 6.04 Å². The minimum Gasteiger partial charge on any atom is -0.415 e. The highest BCUT2D eigenvalue weighted by atomic mass is 16.4. The summed E-state index contributed by atoms with van der Waals surface area (Å²) in [6, 6.07) is 17.1. The predicted octanol–water partition coefficient (Wildman–Crippen LogP) is 2.05. The molecule has 1 fully saturated rings. The Morgan fingerprint density at radius 2 is 1.71 bits per heavy atom. The van der Waals surface area contributed by atoms with Crippen LogP contribution in [0.15, 0.2) is 52.9 Å². The third kappa shape index (κ3) is 4.49. The van der Waals surface area contributed by atoms with Crippen molar-refractivity contribution in [2.75, 3.05) is 13.1 Å². The van der Waals surface area contributed by atoms with Gasteiger partial charge in [0.1, 0.15) is 13.1 Å². The van der Waals surface area contributed by atoms with Crippen molar-refractivity contribution in [2.24, 2.45) is 0 Å². The van der Waals surface area contributed by atoms with E-state index < -0.39 is 0 Å². The zero-order chi connectivity index (χ0) is 19.3. The van der Waals surface area contributed by atoms with Crippen molar-refractivity contribution in [2.45, 2.75) is 45.8 Å². The first-order valence-corrected chi connectivity index (χ1v) is 10.3. The molecular weight excluding hydrogens is 348 g/mol. The Kier molecular flexibility index (Phi) is 5.84. The van der Waals surface area contributed by atoms with E-state index in [9.17, 15) is 0 Å². The molecule has 0 unspecified atom stereocenters. The Morgan fingerprint density at radius 1 is 1.00 bits per heavy atom. The van der Waals surface area contributed by atoms with Crippen molar-refractivity contribution in [3.05, 3.63) is 71.1 Å². The monoisotopic (exact) mass is 378 g/mol. The number of likely N-dealkylation sites (tertiary alicyclic amines) is 1. The zero-order valence-corrected chi connectivity index (χ0v) is 16.8. The molecule has 2 heterocycles. The lowest BCUT2D eigenvalue weighted by molar-refractivity contribution is -0.901. The van der Waals surface area contributed by atoms with Gasteiger partial charge in [-0.1, -0.05) is 42.0 Å². The Hall–Kier alpha value is -2.50. The first kappa shape index (κ1) is 18.8. The second-order valence-electron chi connectivity index (χ2n) is 7.94. The topological polar surface area (TPSA) is 60.0 Å². The maximum absolute atomic E-state index is 5.94. The number of aryl methyl sites for hydroxylation is 1. The van der Waals surface area contributed by atoms with Crippen molar-refractivity contribution in [1.29, 1.82) is 0 Å². The van der Waals surface area contributed by atoms with Gasteiger partial charge in [-0.25, -0.2) is 0 Å². The minimum atomic E-state index is 0.124. The molecule has 1 atom stereocenters. The zero-order valence-electron chi connectivity index (χ0n) is 16.8. The SMILES string of the molecule is Cc1ccc(-c2nnc([C@@H](C)[NH2+]Cc3ccccc3C[NH+]3CCCC3)o2)cc1. The van der Waals surface area contributed by atoms with E-state index in [0.29, 0.717) is 11.8 Å². The molecule has 0 bridgehead atoms. The summed E-state index contributed by atoms with van der Waals surface area (Å²) in [7, 11) is 0. The van der Waals surface area contributed by atoms with Gasteiger partial charge in [-0.15, -0.1) is 10.2 Å².